The van der Waals surface area contributed by atoms with Crippen molar-refractivity contribution in [2.75, 3.05) is 13.7 Å². The van der Waals surface area contributed by atoms with Gasteiger partial charge in [0.25, 0.3) is 0 Å². The van der Waals surface area contributed by atoms with Crippen LogP contribution in [-0.4, -0.2) is 49.0 Å². The van der Waals surface area contributed by atoms with Gasteiger partial charge in [-0.15, -0.1) is 0 Å². The molecule has 0 aromatic rings. The summed E-state index contributed by atoms with van der Waals surface area (Å²) in [6.07, 6.45) is 0.792. The predicted molar refractivity (Wildman–Crippen MR) is 81.0 cm³/mol. The molecule has 0 spiro atoms. The Morgan fingerprint density at radius 3 is 2.57 bits per heavy atom. The van der Waals surface area contributed by atoms with E-state index in [2.05, 4.69) is 21.4 Å². The molecule has 0 heterocycles. The van der Waals surface area contributed by atoms with Gasteiger partial charge in [0.05, 0.1) is 19.2 Å². The third kappa shape index (κ3) is 4.24. The van der Waals surface area contributed by atoms with Crippen LogP contribution in [0.3, 0.4) is 0 Å². The van der Waals surface area contributed by atoms with E-state index in [1.807, 2.05) is 13.8 Å². The summed E-state index contributed by atoms with van der Waals surface area (Å²) >= 11 is 0. The molecule has 1 aliphatic carbocycles. The Morgan fingerprint density at radius 2 is 2.10 bits per heavy atom. The van der Waals surface area contributed by atoms with Gasteiger partial charge in [-0.2, -0.15) is 0 Å². The Bertz CT molecular complexity index is 518. The van der Waals surface area contributed by atoms with Crippen LogP contribution in [0.25, 0.3) is 0 Å². The molecule has 0 saturated carbocycles. The molecular formula is C15H22N2O4. The third-order valence-corrected chi connectivity index (χ3v) is 3.41. The second-order valence-corrected chi connectivity index (χ2v) is 5.91. The maximum atomic E-state index is 12.1. The van der Waals surface area contributed by atoms with Gasteiger partial charge in [0, 0.05) is 18.6 Å². The van der Waals surface area contributed by atoms with Gasteiger partial charge in [-0.3, -0.25) is 14.8 Å². The molecule has 0 amide bonds. The number of hydrogen-bond donors (Lipinski definition) is 1. The zero-order valence-corrected chi connectivity index (χ0v) is 13.0. The van der Waals surface area contributed by atoms with Crippen LogP contribution in [0.2, 0.25) is 0 Å². The lowest BCUT2D eigenvalue weighted by Gasteiger charge is -2.29. The lowest BCUT2D eigenvalue weighted by molar-refractivity contribution is -0.141. The fourth-order valence-corrected chi connectivity index (χ4v) is 2.34. The molecule has 1 N–H and O–H groups in total. The molecule has 0 aromatic carbocycles. The number of aliphatic hydroxyl groups excluding tert-OH is 1. The normalized spacial score (nSPS) is 20.2. The van der Waals surface area contributed by atoms with E-state index in [1.54, 1.807) is 6.92 Å². The van der Waals surface area contributed by atoms with Crippen molar-refractivity contribution in [1.29, 1.82) is 0 Å². The van der Waals surface area contributed by atoms with E-state index >= 15 is 0 Å². The molecule has 21 heavy (non-hydrogen) atoms. The summed E-state index contributed by atoms with van der Waals surface area (Å²) < 4.78 is 4.58. The molecular weight excluding hydrogens is 272 g/mol. The third-order valence-electron chi connectivity index (χ3n) is 3.41. The number of allylic oxidation sites excluding steroid dienone is 2. The van der Waals surface area contributed by atoms with Crippen LogP contribution >= 0.6 is 0 Å². The van der Waals surface area contributed by atoms with Crippen molar-refractivity contribution in [3.8, 4) is 0 Å². The molecule has 0 radical (unpaired) electrons. The Hall–Kier alpha value is -1.98. The molecule has 1 rings (SSSR count). The van der Waals surface area contributed by atoms with E-state index in [4.69, 9.17) is 0 Å². The van der Waals surface area contributed by atoms with Crippen molar-refractivity contribution >= 4 is 24.2 Å². The first-order chi connectivity index (χ1) is 9.71. The van der Waals surface area contributed by atoms with Gasteiger partial charge in [-0.1, -0.05) is 13.8 Å². The molecule has 0 bridgehead atoms. The number of ether oxygens (including phenoxy) is 1. The van der Waals surface area contributed by atoms with Crippen molar-refractivity contribution in [2.24, 2.45) is 15.4 Å². The largest absolute Gasteiger partial charge is 0.511 e. The zero-order chi connectivity index (χ0) is 16.2. The van der Waals surface area contributed by atoms with E-state index in [0.717, 1.165) is 0 Å². The van der Waals surface area contributed by atoms with Crippen molar-refractivity contribution < 1.29 is 19.4 Å². The average Bonchev–Trinajstić information content (AvgIpc) is 2.36. The van der Waals surface area contributed by atoms with Crippen molar-refractivity contribution in [2.45, 2.75) is 39.7 Å². The highest BCUT2D eigenvalue weighted by molar-refractivity contribution is 6.22. The Morgan fingerprint density at radius 1 is 1.48 bits per heavy atom. The number of Topliss-reactive ketones (excluding diaryl/α,β-unsaturated/α-hetero) is 1. The van der Waals surface area contributed by atoms with Gasteiger partial charge < -0.3 is 9.84 Å². The topological polar surface area (TPSA) is 88.3 Å². The van der Waals surface area contributed by atoms with Crippen LogP contribution in [0.1, 0.15) is 33.6 Å². The molecule has 6 nitrogen and oxygen atoms in total. The number of carbonyl (C=O) groups is 2. The maximum absolute atomic E-state index is 12.1. The zero-order valence-electron chi connectivity index (χ0n) is 13.0. The van der Waals surface area contributed by atoms with Crippen LogP contribution in [0.15, 0.2) is 21.3 Å². The second kappa shape index (κ2) is 6.65. The summed E-state index contributed by atoms with van der Waals surface area (Å²) in [6.45, 7) is 8.86. The lowest BCUT2D eigenvalue weighted by Crippen LogP contribution is -2.29. The number of rotatable bonds is 5. The van der Waals surface area contributed by atoms with E-state index in [-0.39, 0.29) is 29.1 Å². The molecule has 6 heteroatoms. The summed E-state index contributed by atoms with van der Waals surface area (Å²) in [6, 6.07) is -0.803. The van der Waals surface area contributed by atoms with E-state index in [1.165, 1.54) is 7.11 Å². The highest BCUT2D eigenvalue weighted by Gasteiger charge is 2.34. The molecule has 0 fully saturated rings. The highest BCUT2D eigenvalue weighted by atomic mass is 16.5. The number of methoxy groups -OCH3 is 1. The minimum absolute atomic E-state index is 0.0372. The standard InChI is InChI=1S/C15H22N2O4/c1-9(17-8-10(16-4)14(20)21-5)13-11(18)6-15(2,3)7-12(13)19/h10,18H,4,6-8H2,1-3,5H3/t10-/m0/s1. The number of esters is 1. The van der Waals surface area contributed by atoms with Gasteiger partial charge in [0.1, 0.15) is 5.76 Å². The first-order valence-corrected chi connectivity index (χ1v) is 6.72. The first kappa shape index (κ1) is 17.1. The number of aliphatic hydroxyl groups is 1. The Balaban J connectivity index is 2.94. The molecule has 0 aromatic heterocycles. The van der Waals surface area contributed by atoms with E-state index < -0.39 is 12.0 Å². The molecule has 116 valence electrons. The Labute approximate surface area is 124 Å². The smallest absolute Gasteiger partial charge is 0.332 e. The van der Waals surface area contributed by atoms with Crippen molar-refractivity contribution in [1.82, 2.24) is 0 Å². The van der Waals surface area contributed by atoms with Crippen LogP contribution in [0, 0.1) is 5.41 Å². The van der Waals surface area contributed by atoms with Crippen LogP contribution in [-0.2, 0) is 14.3 Å². The summed E-state index contributed by atoms with van der Waals surface area (Å²) in [5.74, 6) is -0.610. The minimum atomic E-state index is -0.803. The number of carbonyl (C=O) groups excluding carboxylic acids is 2. The quantitative estimate of drug-likeness (QED) is 0.619. The van der Waals surface area contributed by atoms with Crippen molar-refractivity contribution in [3.05, 3.63) is 11.3 Å². The van der Waals surface area contributed by atoms with Crippen LogP contribution < -0.4 is 0 Å². The van der Waals surface area contributed by atoms with Crippen LogP contribution in [0.4, 0.5) is 0 Å². The number of ketones is 1. The van der Waals surface area contributed by atoms with Gasteiger partial charge in [-0.05, 0) is 19.1 Å². The fraction of sp³-hybridized carbons (Fsp3) is 0.600. The summed E-state index contributed by atoms with van der Waals surface area (Å²) in [5.41, 5.74) is 0.412. The van der Waals surface area contributed by atoms with Crippen LogP contribution in [0.5, 0.6) is 0 Å². The molecule has 1 aliphatic rings. The molecule has 0 aliphatic heterocycles. The SMILES string of the molecule is C=N[C@@H](CN=C(C)C1=C(O)CC(C)(C)CC1=O)C(=O)OC. The first-order valence-electron chi connectivity index (χ1n) is 6.72. The van der Waals surface area contributed by atoms with Gasteiger partial charge in [0.2, 0.25) is 0 Å². The van der Waals surface area contributed by atoms with Crippen molar-refractivity contribution in [3.63, 3.8) is 0 Å². The summed E-state index contributed by atoms with van der Waals surface area (Å²) in [4.78, 5) is 31.4. The molecule has 0 unspecified atom stereocenters. The Kier molecular flexibility index (Phi) is 5.41. The van der Waals surface area contributed by atoms with Gasteiger partial charge in [0.15, 0.2) is 11.8 Å². The highest BCUT2D eigenvalue weighted by Crippen LogP contribution is 2.36. The number of aliphatic imine (C=N–C) groups is 2. The number of hydrogen-bond acceptors (Lipinski definition) is 6. The fourth-order valence-electron chi connectivity index (χ4n) is 2.34. The lowest BCUT2D eigenvalue weighted by atomic mass is 9.76. The van der Waals surface area contributed by atoms with Gasteiger partial charge in [-0.25, -0.2) is 4.79 Å². The summed E-state index contributed by atoms with van der Waals surface area (Å²) in [5, 5.41) is 10.1. The second-order valence-electron chi connectivity index (χ2n) is 5.91. The van der Waals surface area contributed by atoms with E-state index in [0.29, 0.717) is 18.6 Å². The predicted octanol–water partition coefficient (Wildman–Crippen LogP) is 1.89. The average molecular weight is 294 g/mol. The number of nitrogens with zero attached hydrogens (tertiary/aromatic N) is 2. The monoisotopic (exact) mass is 294 g/mol. The molecule has 0 saturated heterocycles. The summed E-state index contributed by atoms with van der Waals surface area (Å²) in [7, 11) is 1.26. The molecule has 1 atom stereocenters. The minimum Gasteiger partial charge on any atom is -0.511 e. The maximum Gasteiger partial charge on any atom is 0.332 e. The van der Waals surface area contributed by atoms with E-state index in [9.17, 15) is 14.7 Å². The van der Waals surface area contributed by atoms with Gasteiger partial charge >= 0.3 is 5.97 Å².